The number of hydrogen-bond acceptors (Lipinski definition) is 6. The van der Waals surface area contributed by atoms with Crippen LogP contribution in [0.3, 0.4) is 0 Å². The second-order valence-electron chi connectivity index (χ2n) is 8.94. The van der Waals surface area contributed by atoms with Gasteiger partial charge in [-0.25, -0.2) is 9.59 Å². The van der Waals surface area contributed by atoms with Crippen molar-refractivity contribution in [2.75, 3.05) is 33.3 Å². The molecule has 160 valence electrons. The summed E-state index contributed by atoms with van der Waals surface area (Å²) in [4.78, 5) is 28.4. The molecular formula is C22H32N2O5. The van der Waals surface area contributed by atoms with Gasteiger partial charge in [0.2, 0.25) is 5.60 Å². The van der Waals surface area contributed by atoms with Crippen LogP contribution in [0, 0.1) is 6.92 Å². The minimum Gasteiger partial charge on any atom is -0.475 e. The lowest BCUT2D eigenvalue weighted by atomic mass is 10.1. The van der Waals surface area contributed by atoms with Crippen molar-refractivity contribution < 1.29 is 23.8 Å². The van der Waals surface area contributed by atoms with Crippen LogP contribution in [0.2, 0.25) is 0 Å². The number of aryl methyl sites for hydroxylation is 1. The van der Waals surface area contributed by atoms with Crippen LogP contribution in [0.1, 0.15) is 44.7 Å². The van der Waals surface area contributed by atoms with Crippen LogP contribution in [-0.2, 0) is 20.8 Å². The third kappa shape index (κ3) is 5.41. The van der Waals surface area contributed by atoms with E-state index in [1.165, 1.54) is 7.11 Å². The number of hydrogen-bond donors (Lipinski definition) is 0. The molecule has 1 aliphatic carbocycles. The zero-order valence-corrected chi connectivity index (χ0v) is 18.1. The molecule has 1 saturated heterocycles. The van der Waals surface area contributed by atoms with Gasteiger partial charge in [-0.2, -0.15) is 0 Å². The Bertz CT molecular complexity index is 759. The molecule has 0 unspecified atom stereocenters. The minimum absolute atomic E-state index is 0.259. The molecule has 29 heavy (non-hydrogen) atoms. The lowest BCUT2D eigenvalue weighted by Crippen LogP contribution is -2.49. The highest BCUT2D eigenvalue weighted by Gasteiger charge is 2.54. The highest BCUT2D eigenvalue weighted by Crippen LogP contribution is 2.42. The van der Waals surface area contributed by atoms with E-state index in [1.807, 2.05) is 33.8 Å². The van der Waals surface area contributed by atoms with Crippen molar-refractivity contribution in [1.29, 1.82) is 0 Å². The normalized spacial score (nSPS) is 18.9. The lowest BCUT2D eigenvalue weighted by molar-refractivity contribution is -0.151. The average molecular weight is 405 g/mol. The summed E-state index contributed by atoms with van der Waals surface area (Å²) < 4.78 is 16.5. The first-order valence-electron chi connectivity index (χ1n) is 10.2. The summed E-state index contributed by atoms with van der Waals surface area (Å²) in [6.45, 7) is 11.1. The number of carbonyl (C=O) groups excluding carboxylic acids is 2. The lowest BCUT2D eigenvalue weighted by Gasteiger charge is -2.35. The number of ether oxygens (including phenoxy) is 3. The molecule has 0 spiro atoms. The van der Waals surface area contributed by atoms with Crippen molar-refractivity contribution in [1.82, 2.24) is 9.80 Å². The molecule has 7 nitrogen and oxygen atoms in total. The SMILES string of the molecule is COC(=O)C1(Oc2cc(C)ccc2CN2CCN(C(=O)OC(C)(C)C)CC2)CC1. The van der Waals surface area contributed by atoms with E-state index in [0.29, 0.717) is 32.5 Å². The number of benzene rings is 1. The molecule has 0 radical (unpaired) electrons. The van der Waals surface area contributed by atoms with E-state index < -0.39 is 11.2 Å². The summed E-state index contributed by atoms with van der Waals surface area (Å²) in [5.41, 5.74) is 0.809. The molecule has 0 bridgehead atoms. The van der Waals surface area contributed by atoms with Gasteiger partial charge in [0.25, 0.3) is 0 Å². The number of rotatable bonds is 5. The highest BCUT2D eigenvalue weighted by atomic mass is 16.6. The van der Waals surface area contributed by atoms with E-state index in [-0.39, 0.29) is 12.1 Å². The van der Waals surface area contributed by atoms with Crippen molar-refractivity contribution in [3.8, 4) is 5.75 Å². The van der Waals surface area contributed by atoms with E-state index in [1.54, 1.807) is 4.90 Å². The number of piperazine rings is 1. The Morgan fingerprint density at radius 3 is 2.31 bits per heavy atom. The molecule has 1 heterocycles. The fraction of sp³-hybridized carbons (Fsp3) is 0.636. The summed E-state index contributed by atoms with van der Waals surface area (Å²) in [5, 5.41) is 0. The fourth-order valence-corrected chi connectivity index (χ4v) is 3.40. The molecule has 2 aliphatic rings. The second kappa shape index (κ2) is 8.22. The third-order valence-corrected chi connectivity index (χ3v) is 5.21. The first-order chi connectivity index (χ1) is 13.6. The second-order valence-corrected chi connectivity index (χ2v) is 8.94. The monoisotopic (exact) mass is 404 g/mol. The third-order valence-electron chi connectivity index (χ3n) is 5.21. The van der Waals surface area contributed by atoms with Crippen molar-refractivity contribution in [2.24, 2.45) is 0 Å². The quantitative estimate of drug-likeness (QED) is 0.703. The molecule has 3 rings (SSSR count). The molecule has 2 fully saturated rings. The van der Waals surface area contributed by atoms with Gasteiger partial charge in [-0.1, -0.05) is 12.1 Å². The summed E-state index contributed by atoms with van der Waals surface area (Å²) >= 11 is 0. The number of amides is 1. The van der Waals surface area contributed by atoms with Crippen LogP contribution < -0.4 is 4.74 Å². The van der Waals surface area contributed by atoms with Crippen molar-refractivity contribution in [2.45, 2.75) is 58.3 Å². The largest absolute Gasteiger partial charge is 0.475 e. The van der Waals surface area contributed by atoms with Crippen LogP contribution in [0.25, 0.3) is 0 Å². The van der Waals surface area contributed by atoms with Gasteiger partial charge in [0, 0.05) is 51.1 Å². The smallest absolute Gasteiger partial charge is 0.410 e. The zero-order chi connectivity index (χ0) is 21.2. The number of nitrogens with zero attached hydrogens (tertiary/aromatic N) is 2. The van der Waals surface area contributed by atoms with Gasteiger partial charge in [-0.3, -0.25) is 4.90 Å². The topological polar surface area (TPSA) is 68.3 Å². The maximum absolute atomic E-state index is 12.2. The summed E-state index contributed by atoms with van der Waals surface area (Å²) in [6.07, 6.45) is 1.11. The summed E-state index contributed by atoms with van der Waals surface area (Å²) in [5.74, 6) is 0.429. The van der Waals surface area contributed by atoms with E-state index in [2.05, 4.69) is 17.0 Å². The van der Waals surface area contributed by atoms with E-state index in [4.69, 9.17) is 14.2 Å². The molecule has 1 aromatic rings. The van der Waals surface area contributed by atoms with Gasteiger partial charge in [-0.05, 0) is 39.3 Å². The van der Waals surface area contributed by atoms with E-state index >= 15 is 0 Å². The summed E-state index contributed by atoms with van der Waals surface area (Å²) in [7, 11) is 1.40. The van der Waals surface area contributed by atoms with Crippen molar-refractivity contribution in [3.63, 3.8) is 0 Å². The molecule has 7 heteroatoms. The van der Waals surface area contributed by atoms with Crippen molar-refractivity contribution >= 4 is 12.1 Å². The van der Waals surface area contributed by atoms with Gasteiger partial charge in [0.05, 0.1) is 7.11 Å². The van der Waals surface area contributed by atoms with E-state index in [0.717, 1.165) is 30.0 Å². The van der Waals surface area contributed by atoms with Gasteiger partial charge in [0.1, 0.15) is 11.4 Å². The Labute approximate surface area is 172 Å². The summed E-state index contributed by atoms with van der Waals surface area (Å²) in [6, 6.07) is 6.09. The van der Waals surface area contributed by atoms with Gasteiger partial charge >= 0.3 is 12.1 Å². The van der Waals surface area contributed by atoms with Crippen LogP contribution in [0.4, 0.5) is 4.79 Å². The molecule has 1 saturated carbocycles. The first-order valence-corrected chi connectivity index (χ1v) is 10.2. The predicted octanol–water partition coefficient (Wildman–Crippen LogP) is 3.13. The van der Waals surface area contributed by atoms with Gasteiger partial charge in [-0.15, -0.1) is 0 Å². The maximum atomic E-state index is 12.2. The maximum Gasteiger partial charge on any atom is 0.410 e. The highest BCUT2D eigenvalue weighted by molar-refractivity contribution is 5.83. The van der Waals surface area contributed by atoms with Crippen LogP contribution in [-0.4, -0.2) is 66.4 Å². The molecule has 0 aromatic heterocycles. The standard InChI is InChI=1S/C22H32N2O5/c1-16-6-7-17(18(14-16)28-22(8-9-22)19(25)27-5)15-23-10-12-24(13-11-23)20(26)29-21(2,3)4/h6-7,14H,8-13,15H2,1-5H3. The van der Waals surface area contributed by atoms with Gasteiger partial charge < -0.3 is 19.1 Å². The van der Waals surface area contributed by atoms with Crippen LogP contribution in [0.15, 0.2) is 18.2 Å². The Balaban J connectivity index is 1.62. The Morgan fingerprint density at radius 1 is 1.10 bits per heavy atom. The zero-order valence-electron chi connectivity index (χ0n) is 18.1. The molecule has 1 amide bonds. The van der Waals surface area contributed by atoms with Crippen LogP contribution >= 0.6 is 0 Å². The first kappa shape index (κ1) is 21.4. The number of methoxy groups -OCH3 is 1. The Hall–Kier alpha value is -2.28. The van der Waals surface area contributed by atoms with Gasteiger partial charge in [0.15, 0.2) is 0 Å². The number of carbonyl (C=O) groups is 2. The fourth-order valence-electron chi connectivity index (χ4n) is 3.40. The Morgan fingerprint density at radius 2 is 1.76 bits per heavy atom. The molecule has 0 N–H and O–H groups in total. The van der Waals surface area contributed by atoms with E-state index in [9.17, 15) is 9.59 Å². The average Bonchev–Trinajstić information content (AvgIpc) is 3.43. The molecular weight excluding hydrogens is 372 g/mol. The minimum atomic E-state index is -0.827. The number of esters is 1. The molecule has 1 aliphatic heterocycles. The predicted molar refractivity (Wildman–Crippen MR) is 109 cm³/mol. The van der Waals surface area contributed by atoms with Crippen LogP contribution in [0.5, 0.6) is 5.75 Å². The molecule has 1 aromatic carbocycles. The Kier molecular flexibility index (Phi) is 6.08. The van der Waals surface area contributed by atoms with Crippen molar-refractivity contribution in [3.05, 3.63) is 29.3 Å². The molecule has 0 atom stereocenters.